The highest BCUT2D eigenvalue weighted by molar-refractivity contribution is 7.99. The van der Waals surface area contributed by atoms with Gasteiger partial charge in [-0.05, 0) is 54.6 Å². The average Bonchev–Trinajstić information content (AvgIpc) is 3.04. The molecular weight excluding hydrogens is 444 g/mol. The van der Waals surface area contributed by atoms with Crippen molar-refractivity contribution in [2.45, 2.75) is 34.7 Å². The number of amides is 1. The number of nitrogens with one attached hydrogen (secondary N) is 1. The maximum atomic E-state index is 13.1. The molecule has 0 bridgehead atoms. The summed E-state index contributed by atoms with van der Waals surface area (Å²) < 4.78 is 27.4. The lowest BCUT2D eigenvalue weighted by molar-refractivity contribution is -0.116. The SMILES string of the molecule is CCc1ccc(NC(=O)Cn2nc(SC)c(S(=O)(=O)c3ccc(Cl)cc3)c2N)cc1. The molecule has 10 heteroatoms. The number of carbonyl (C=O) groups excluding carboxylic acids is 1. The predicted molar refractivity (Wildman–Crippen MR) is 120 cm³/mol. The van der Waals surface area contributed by atoms with Crippen molar-refractivity contribution in [3.05, 3.63) is 59.1 Å². The standard InChI is InChI=1S/C20H21ClN4O3S2/c1-3-13-4-8-15(9-5-13)23-17(26)12-25-19(22)18(20(24-25)29-2)30(27,28)16-10-6-14(21)7-11-16/h4-11H,3,12,22H2,1-2H3,(H,23,26). The Morgan fingerprint density at radius 1 is 1.17 bits per heavy atom. The van der Waals surface area contributed by atoms with Crippen molar-refractivity contribution in [1.29, 1.82) is 0 Å². The van der Waals surface area contributed by atoms with Gasteiger partial charge in [0.1, 0.15) is 22.3 Å². The second kappa shape index (κ2) is 9.11. The monoisotopic (exact) mass is 464 g/mol. The lowest BCUT2D eigenvalue weighted by Crippen LogP contribution is -2.21. The second-order valence-corrected chi connectivity index (χ2v) is 9.56. The first-order valence-electron chi connectivity index (χ1n) is 9.06. The molecule has 0 aliphatic heterocycles. The van der Waals surface area contributed by atoms with E-state index < -0.39 is 9.84 Å². The summed E-state index contributed by atoms with van der Waals surface area (Å²) in [5.74, 6) is -0.456. The van der Waals surface area contributed by atoms with Crippen molar-refractivity contribution in [2.24, 2.45) is 0 Å². The van der Waals surface area contributed by atoms with Crippen LogP contribution in [0.25, 0.3) is 0 Å². The molecule has 3 N–H and O–H groups in total. The molecule has 7 nitrogen and oxygen atoms in total. The smallest absolute Gasteiger partial charge is 0.246 e. The quantitative estimate of drug-likeness (QED) is 0.514. The van der Waals surface area contributed by atoms with Gasteiger partial charge in [-0.15, -0.1) is 11.8 Å². The molecule has 0 aliphatic rings. The van der Waals surface area contributed by atoms with Gasteiger partial charge in [0, 0.05) is 10.7 Å². The Labute approximate surface area is 184 Å². The Morgan fingerprint density at radius 3 is 2.37 bits per heavy atom. The maximum absolute atomic E-state index is 13.1. The Hall–Kier alpha value is -2.49. The van der Waals surface area contributed by atoms with Crippen LogP contribution in [0.2, 0.25) is 5.02 Å². The van der Waals surface area contributed by atoms with Crippen LogP contribution in [0.15, 0.2) is 63.3 Å². The molecule has 30 heavy (non-hydrogen) atoms. The number of sulfone groups is 1. The molecule has 1 aromatic heterocycles. The number of thioether (sulfide) groups is 1. The Bertz CT molecular complexity index is 1160. The number of aromatic nitrogens is 2. The normalized spacial score (nSPS) is 11.4. The first-order valence-corrected chi connectivity index (χ1v) is 12.1. The molecule has 0 radical (unpaired) electrons. The van der Waals surface area contributed by atoms with Crippen molar-refractivity contribution in [3.63, 3.8) is 0 Å². The summed E-state index contributed by atoms with van der Waals surface area (Å²) in [6.45, 7) is 1.83. The first-order chi connectivity index (χ1) is 14.3. The van der Waals surface area contributed by atoms with Gasteiger partial charge in [0.2, 0.25) is 15.7 Å². The van der Waals surface area contributed by atoms with E-state index in [2.05, 4.69) is 10.4 Å². The molecule has 0 atom stereocenters. The molecule has 1 heterocycles. The Kier molecular flexibility index (Phi) is 6.74. The molecule has 0 saturated heterocycles. The summed E-state index contributed by atoms with van der Waals surface area (Å²) in [5.41, 5.74) is 7.91. The molecule has 0 saturated carbocycles. The number of nitrogen functional groups attached to an aromatic ring is 1. The van der Waals surface area contributed by atoms with Gasteiger partial charge in [-0.25, -0.2) is 13.1 Å². The van der Waals surface area contributed by atoms with Gasteiger partial charge in [0.15, 0.2) is 0 Å². The number of benzene rings is 2. The number of nitrogens with zero attached hydrogens (tertiary/aromatic N) is 2. The van der Waals surface area contributed by atoms with Crippen LogP contribution in [0.4, 0.5) is 11.5 Å². The lowest BCUT2D eigenvalue weighted by Gasteiger charge is -2.08. The summed E-state index contributed by atoms with van der Waals surface area (Å²) in [7, 11) is -3.93. The fourth-order valence-corrected chi connectivity index (χ4v) is 5.39. The second-order valence-electron chi connectivity index (χ2n) is 6.44. The third-order valence-corrected chi connectivity index (χ3v) is 7.33. The number of nitrogens with two attached hydrogens (primary N) is 1. The van der Waals surface area contributed by atoms with Crippen molar-refractivity contribution >= 4 is 50.6 Å². The first kappa shape index (κ1) is 22.2. The predicted octanol–water partition coefficient (Wildman–Crippen LogP) is 3.87. The van der Waals surface area contributed by atoms with Crippen LogP contribution in [-0.2, 0) is 27.6 Å². The Balaban J connectivity index is 1.87. The van der Waals surface area contributed by atoms with Crippen LogP contribution in [0, 0.1) is 0 Å². The van der Waals surface area contributed by atoms with Crippen molar-refractivity contribution in [2.75, 3.05) is 17.3 Å². The van der Waals surface area contributed by atoms with Crippen molar-refractivity contribution < 1.29 is 13.2 Å². The zero-order valence-corrected chi connectivity index (χ0v) is 18.8. The largest absolute Gasteiger partial charge is 0.383 e. The van der Waals surface area contributed by atoms with Gasteiger partial charge in [-0.2, -0.15) is 5.10 Å². The van der Waals surface area contributed by atoms with Gasteiger partial charge < -0.3 is 11.1 Å². The molecule has 1 amide bonds. The number of hydrogen-bond donors (Lipinski definition) is 2. The number of rotatable bonds is 7. The van der Waals surface area contributed by atoms with E-state index in [4.69, 9.17) is 17.3 Å². The van der Waals surface area contributed by atoms with Crippen LogP contribution in [-0.4, -0.2) is 30.4 Å². The topological polar surface area (TPSA) is 107 Å². The van der Waals surface area contributed by atoms with Crippen LogP contribution in [0.5, 0.6) is 0 Å². The highest BCUT2D eigenvalue weighted by atomic mass is 35.5. The minimum absolute atomic E-state index is 0.0499. The van der Waals surface area contributed by atoms with E-state index in [1.807, 2.05) is 31.2 Å². The fourth-order valence-electron chi connectivity index (χ4n) is 2.83. The van der Waals surface area contributed by atoms with E-state index in [0.717, 1.165) is 23.7 Å². The van der Waals surface area contributed by atoms with E-state index >= 15 is 0 Å². The van der Waals surface area contributed by atoms with Crippen molar-refractivity contribution in [3.8, 4) is 0 Å². The minimum Gasteiger partial charge on any atom is -0.383 e. The number of aryl methyl sites for hydroxylation is 1. The lowest BCUT2D eigenvalue weighted by atomic mass is 10.1. The summed E-state index contributed by atoms with van der Waals surface area (Å²) >= 11 is 7.00. The van der Waals surface area contributed by atoms with Crippen LogP contribution in [0.3, 0.4) is 0 Å². The van der Waals surface area contributed by atoms with Gasteiger partial charge in [0.05, 0.1) is 4.90 Å². The highest BCUT2D eigenvalue weighted by Crippen LogP contribution is 2.34. The number of carbonyl (C=O) groups is 1. The van der Waals surface area contributed by atoms with E-state index in [-0.39, 0.29) is 33.1 Å². The van der Waals surface area contributed by atoms with Crippen LogP contribution >= 0.6 is 23.4 Å². The molecule has 3 rings (SSSR count). The van der Waals surface area contributed by atoms with Crippen LogP contribution in [0.1, 0.15) is 12.5 Å². The zero-order valence-electron chi connectivity index (χ0n) is 16.4. The van der Waals surface area contributed by atoms with Gasteiger partial charge in [-0.1, -0.05) is 30.7 Å². The van der Waals surface area contributed by atoms with Gasteiger partial charge >= 0.3 is 0 Å². The molecule has 0 unspecified atom stereocenters. The third-order valence-electron chi connectivity index (χ3n) is 4.44. The average molecular weight is 465 g/mol. The third kappa shape index (κ3) is 4.63. The zero-order chi connectivity index (χ0) is 21.9. The van der Waals surface area contributed by atoms with Gasteiger partial charge in [0.25, 0.3) is 0 Å². The fraction of sp³-hybridized carbons (Fsp3) is 0.200. The summed E-state index contributed by atoms with van der Waals surface area (Å²) in [5, 5.41) is 7.65. The van der Waals surface area contributed by atoms with E-state index in [1.165, 1.54) is 28.9 Å². The molecule has 0 aliphatic carbocycles. The Morgan fingerprint density at radius 2 is 1.80 bits per heavy atom. The number of anilines is 2. The molecule has 0 fully saturated rings. The van der Waals surface area contributed by atoms with E-state index in [9.17, 15) is 13.2 Å². The van der Waals surface area contributed by atoms with E-state index in [0.29, 0.717) is 10.7 Å². The summed E-state index contributed by atoms with van der Waals surface area (Å²) in [6.07, 6.45) is 2.60. The van der Waals surface area contributed by atoms with Crippen LogP contribution < -0.4 is 11.1 Å². The van der Waals surface area contributed by atoms with Gasteiger partial charge in [-0.3, -0.25) is 4.79 Å². The molecular formula is C20H21ClN4O3S2. The molecule has 158 valence electrons. The summed E-state index contributed by atoms with van der Waals surface area (Å²) in [6, 6.07) is 13.3. The minimum atomic E-state index is -3.93. The van der Waals surface area contributed by atoms with E-state index in [1.54, 1.807) is 6.26 Å². The number of hydrogen-bond acceptors (Lipinski definition) is 6. The highest BCUT2D eigenvalue weighted by Gasteiger charge is 2.29. The summed E-state index contributed by atoms with van der Waals surface area (Å²) in [4.78, 5) is 12.4. The molecule has 0 spiro atoms. The number of halogens is 1. The molecule has 3 aromatic rings. The molecule has 2 aromatic carbocycles. The maximum Gasteiger partial charge on any atom is 0.246 e. The van der Waals surface area contributed by atoms with Crippen molar-refractivity contribution in [1.82, 2.24) is 9.78 Å².